The maximum Gasteiger partial charge on any atom is 0.261 e. The minimum absolute atomic E-state index is 0.0225. The number of halogens is 1. The lowest BCUT2D eigenvalue weighted by molar-refractivity contribution is 0.103. The Labute approximate surface area is 174 Å². The second-order valence-corrected chi connectivity index (χ2v) is 8.62. The third kappa shape index (κ3) is 5.13. The van der Waals surface area contributed by atoms with Crippen LogP contribution in [0.15, 0.2) is 71.9 Å². The van der Waals surface area contributed by atoms with E-state index >= 15 is 0 Å². The summed E-state index contributed by atoms with van der Waals surface area (Å²) in [6.07, 6.45) is 2.94. The van der Waals surface area contributed by atoms with Gasteiger partial charge in [-0.25, -0.2) is 8.42 Å². The van der Waals surface area contributed by atoms with Crippen LogP contribution < -0.4 is 9.46 Å². The van der Waals surface area contributed by atoms with E-state index in [-0.39, 0.29) is 28.0 Å². The molecule has 0 atom stereocenters. The summed E-state index contributed by atoms with van der Waals surface area (Å²) in [5.41, 5.74) is 0.588. The molecular weight excluding hydrogens is 412 g/mol. The second-order valence-electron chi connectivity index (χ2n) is 6.50. The van der Waals surface area contributed by atoms with Gasteiger partial charge in [0.25, 0.3) is 10.0 Å². The molecule has 0 aliphatic heterocycles. The highest BCUT2D eigenvalue weighted by atomic mass is 35.5. The van der Waals surface area contributed by atoms with Crippen molar-refractivity contribution in [2.45, 2.75) is 24.8 Å². The van der Waals surface area contributed by atoms with Gasteiger partial charge in [-0.1, -0.05) is 11.6 Å². The van der Waals surface area contributed by atoms with Crippen LogP contribution in [-0.4, -0.2) is 25.3 Å². The lowest BCUT2D eigenvalue weighted by atomic mass is 10.0. The Morgan fingerprint density at radius 3 is 2.45 bits per heavy atom. The highest BCUT2D eigenvalue weighted by molar-refractivity contribution is 7.92. The fraction of sp³-hybridized carbons (Fsp3) is 0.143. The number of ketones is 1. The Hall–Kier alpha value is -2.90. The van der Waals surface area contributed by atoms with Crippen molar-refractivity contribution in [2.75, 3.05) is 4.72 Å². The number of pyridine rings is 1. The standard InChI is InChI=1S/C21H19ClN2O4S/c1-14(2)28-17-6-8-18(9-7-17)29(26,27)24-20-10-5-16(22)12-19(20)21(25)15-4-3-11-23-13-15/h3-14,24H,1-2H3. The molecule has 1 heterocycles. The molecule has 29 heavy (non-hydrogen) atoms. The molecule has 150 valence electrons. The van der Waals surface area contributed by atoms with Crippen LogP contribution in [0.2, 0.25) is 5.02 Å². The van der Waals surface area contributed by atoms with E-state index in [2.05, 4.69) is 9.71 Å². The fourth-order valence-electron chi connectivity index (χ4n) is 2.62. The first-order valence-electron chi connectivity index (χ1n) is 8.80. The van der Waals surface area contributed by atoms with Crippen molar-refractivity contribution in [3.8, 4) is 5.75 Å². The molecular formula is C21H19ClN2O4S. The summed E-state index contributed by atoms with van der Waals surface area (Å²) in [6.45, 7) is 3.76. The maximum atomic E-state index is 12.8. The van der Waals surface area contributed by atoms with E-state index in [9.17, 15) is 13.2 Å². The van der Waals surface area contributed by atoms with E-state index in [0.717, 1.165) is 0 Å². The molecule has 1 aromatic heterocycles. The molecule has 0 bridgehead atoms. The molecule has 0 amide bonds. The zero-order chi connectivity index (χ0) is 21.0. The third-order valence-electron chi connectivity index (χ3n) is 3.90. The van der Waals surface area contributed by atoms with Crippen molar-refractivity contribution in [3.63, 3.8) is 0 Å². The van der Waals surface area contributed by atoms with Gasteiger partial charge in [0, 0.05) is 28.5 Å². The van der Waals surface area contributed by atoms with Gasteiger partial charge >= 0.3 is 0 Å². The van der Waals surface area contributed by atoms with Crippen LogP contribution in [0.1, 0.15) is 29.8 Å². The number of hydrogen-bond donors (Lipinski definition) is 1. The first kappa shape index (κ1) is 20.8. The van der Waals surface area contributed by atoms with Gasteiger partial charge in [-0.2, -0.15) is 0 Å². The maximum absolute atomic E-state index is 12.8. The van der Waals surface area contributed by atoms with Crippen LogP contribution in [0.3, 0.4) is 0 Å². The summed E-state index contributed by atoms with van der Waals surface area (Å²) >= 11 is 6.04. The quantitative estimate of drug-likeness (QED) is 0.555. The summed E-state index contributed by atoms with van der Waals surface area (Å²) in [5, 5.41) is 0.315. The van der Waals surface area contributed by atoms with Crippen molar-refractivity contribution >= 4 is 33.1 Å². The normalized spacial score (nSPS) is 11.3. The topological polar surface area (TPSA) is 85.4 Å². The van der Waals surface area contributed by atoms with Crippen molar-refractivity contribution in [2.24, 2.45) is 0 Å². The zero-order valence-corrected chi connectivity index (χ0v) is 17.4. The van der Waals surface area contributed by atoms with E-state index in [1.54, 1.807) is 30.5 Å². The number of hydrogen-bond acceptors (Lipinski definition) is 5. The van der Waals surface area contributed by atoms with Crippen LogP contribution in [0.5, 0.6) is 5.75 Å². The SMILES string of the molecule is CC(C)Oc1ccc(S(=O)(=O)Nc2ccc(Cl)cc2C(=O)c2cccnc2)cc1. The molecule has 0 unspecified atom stereocenters. The molecule has 8 heteroatoms. The Balaban J connectivity index is 1.92. The molecule has 0 aliphatic carbocycles. The molecule has 0 aliphatic rings. The summed E-state index contributed by atoms with van der Waals surface area (Å²) in [4.78, 5) is 16.8. The average molecular weight is 431 g/mol. The van der Waals surface area contributed by atoms with Gasteiger partial charge in [0.05, 0.1) is 16.7 Å². The van der Waals surface area contributed by atoms with E-state index in [1.165, 1.54) is 36.5 Å². The molecule has 0 spiro atoms. The lowest BCUT2D eigenvalue weighted by Crippen LogP contribution is -2.16. The monoisotopic (exact) mass is 430 g/mol. The number of nitrogens with one attached hydrogen (secondary N) is 1. The van der Waals surface area contributed by atoms with Crippen LogP contribution >= 0.6 is 11.6 Å². The van der Waals surface area contributed by atoms with Crippen LogP contribution in [0.25, 0.3) is 0 Å². The van der Waals surface area contributed by atoms with E-state index < -0.39 is 10.0 Å². The molecule has 3 rings (SSSR count). The van der Waals surface area contributed by atoms with Gasteiger partial charge in [0.2, 0.25) is 0 Å². The summed E-state index contributed by atoms with van der Waals surface area (Å²) in [7, 11) is -3.93. The Morgan fingerprint density at radius 2 is 1.83 bits per heavy atom. The predicted molar refractivity (Wildman–Crippen MR) is 112 cm³/mol. The smallest absolute Gasteiger partial charge is 0.261 e. The number of nitrogens with zero attached hydrogens (tertiary/aromatic N) is 1. The number of benzene rings is 2. The molecule has 1 N–H and O–H groups in total. The molecule has 0 saturated carbocycles. The highest BCUT2D eigenvalue weighted by Crippen LogP contribution is 2.26. The van der Waals surface area contributed by atoms with Gasteiger partial charge in [-0.05, 0) is 68.4 Å². The highest BCUT2D eigenvalue weighted by Gasteiger charge is 2.20. The molecule has 0 fully saturated rings. The third-order valence-corrected chi connectivity index (χ3v) is 5.52. The minimum Gasteiger partial charge on any atom is -0.491 e. The van der Waals surface area contributed by atoms with Gasteiger partial charge in [-0.3, -0.25) is 14.5 Å². The largest absolute Gasteiger partial charge is 0.491 e. The lowest BCUT2D eigenvalue weighted by Gasteiger charge is -2.14. The number of carbonyl (C=O) groups is 1. The van der Waals surface area contributed by atoms with Crippen molar-refractivity contribution in [1.82, 2.24) is 4.98 Å². The van der Waals surface area contributed by atoms with Crippen LogP contribution in [-0.2, 0) is 10.0 Å². The predicted octanol–water partition coefficient (Wildman–Crippen LogP) is 4.55. The number of carbonyl (C=O) groups excluding carboxylic acids is 1. The van der Waals surface area contributed by atoms with Gasteiger partial charge in [0.1, 0.15) is 5.75 Å². The van der Waals surface area contributed by atoms with E-state index in [1.807, 2.05) is 13.8 Å². The number of anilines is 1. The number of sulfonamides is 1. The average Bonchev–Trinajstić information content (AvgIpc) is 2.69. The number of aromatic nitrogens is 1. The summed E-state index contributed by atoms with van der Waals surface area (Å²) in [6, 6.07) is 13.7. The second kappa shape index (κ2) is 8.63. The Kier molecular flexibility index (Phi) is 6.20. The van der Waals surface area contributed by atoms with Gasteiger partial charge in [0.15, 0.2) is 5.78 Å². The van der Waals surface area contributed by atoms with E-state index in [4.69, 9.17) is 16.3 Å². The van der Waals surface area contributed by atoms with Crippen LogP contribution in [0, 0.1) is 0 Å². The Morgan fingerprint density at radius 1 is 1.10 bits per heavy atom. The molecule has 0 saturated heterocycles. The Bertz CT molecular complexity index is 1120. The summed E-state index contributed by atoms with van der Waals surface area (Å²) < 4.78 is 33.7. The fourth-order valence-corrected chi connectivity index (χ4v) is 3.87. The molecule has 6 nitrogen and oxygen atoms in total. The first-order chi connectivity index (χ1) is 13.8. The minimum atomic E-state index is -3.93. The first-order valence-corrected chi connectivity index (χ1v) is 10.7. The molecule has 0 radical (unpaired) electrons. The number of ether oxygens (including phenoxy) is 1. The molecule has 3 aromatic rings. The van der Waals surface area contributed by atoms with Crippen molar-refractivity contribution in [1.29, 1.82) is 0 Å². The molecule has 2 aromatic carbocycles. The number of rotatable bonds is 7. The van der Waals surface area contributed by atoms with Crippen molar-refractivity contribution < 1.29 is 17.9 Å². The van der Waals surface area contributed by atoms with Crippen LogP contribution in [0.4, 0.5) is 5.69 Å². The van der Waals surface area contributed by atoms with Crippen molar-refractivity contribution in [3.05, 3.63) is 83.1 Å². The van der Waals surface area contributed by atoms with Gasteiger partial charge in [-0.15, -0.1) is 0 Å². The van der Waals surface area contributed by atoms with E-state index in [0.29, 0.717) is 16.3 Å². The zero-order valence-electron chi connectivity index (χ0n) is 15.8. The summed E-state index contributed by atoms with van der Waals surface area (Å²) in [5.74, 6) is 0.178. The van der Waals surface area contributed by atoms with Gasteiger partial charge < -0.3 is 4.74 Å².